The molecule has 0 saturated carbocycles. The summed E-state index contributed by atoms with van der Waals surface area (Å²) in [5, 5.41) is 3.39. The third kappa shape index (κ3) is 6.81. The number of benzene rings is 3. The van der Waals surface area contributed by atoms with E-state index in [-0.39, 0.29) is 24.1 Å². The summed E-state index contributed by atoms with van der Waals surface area (Å²) in [6, 6.07) is 30.4. The van der Waals surface area contributed by atoms with Gasteiger partial charge < -0.3 is 10.1 Å². The van der Waals surface area contributed by atoms with E-state index in [2.05, 4.69) is 60.5 Å². The maximum absolute atomic E-state index is 13.8. The summed E-state index contributed by atoms with van der Waals surface area (Å²) >= 11 is 0. The number of carbonyl (C=O) groups excluding carboxylic acids is 1. The monoisotopic (exact) mass is 470 g/mol. The van der Waals surface area contributed by atoms with Gasteiger partial charge in [-0.05, 0) is 29.0 Å². The highest BCUT2D eigenvalue weighted by Crippen LogP contribution is 2.27. The Labute approximate surface area is 210 Å². The van der Waals surface area contributed by atoms with Crippen LogP contribution in [0, 0.1) is 5.92 Å². The lowest BCUT2D eigenvalue weighted by molar-refractivity contribution is -0.126. The van der Waals surface area contributed by atoms with Crippen LogP contribution in [0.5, 0.6) is 0 Å². The van der Waals surface area contributed by atoms with Gasteiger partial charge >= 0.3 is 0 Å². The first-order valence-corrected chi connectivity index (χ1v) is 13.0. The summed E-state index contributed by atoms with van der Waals surface area (Å²) in [7, 11) is 0. The number of amides is 1. The predicted molar refractivity (Wildman–Crippen MR) is 142 cm³/mol. The molecule has 3 aromatic carbocycles. The first-order chi connectivity index (χ1) is 17.2. The molecule has 0 aromatic heterocycles. The summed E-state index contributed by atoms with van der Waals surface area (Å²) in [5.41, 5.74) is 3.35. The van der Waals surface area contributed by atoms with Crippen LogP contribution in [0.15, 0.2) is 91.0 Å². The Hall–Kier alpha value is -2.95. The van der Waals surface area contributed by atoms with E-state index < -0.39 is 0 Å². The Kier molecular flexibility index (Phi) is 9.10. The van der Waals surface area contributed by atoms with Gasteiger partial charge in [0.2, 0.25) is 5.91 Å². The Morgan fingerprint density at radius 3 is 1.97 bits per heavy atom. The number of rotatable bonds is 11. The van der Waals surface area contributed by atoms with Gasteiger partial charge in [-0.25, -0.2) is 0 Å². The molecule has 2 atom stereocenters. The second kappa shape index (κ2) is 12.7. The van der Waals surface area contributed by atoms with Gasteiger partial charge in [0.25, 0.3) is 0 Å². The van der Waals surface area contributed by atoms with Crippen LogP contribution >= 0.6 is 0 Å². The summed E-state index contributed by atoms with van der Waals surface area (Å²) < 4.78 is 6.30. The molecule has 0 unspecified atom stereocenters. The smallest absolute Gasteiger partial charge is 0.238 e. The van der Waals surface area contributed by atoms with Gasteiger partial charge in [-0.15, -0.1) is 0 Å². The molecule has 1 amide bonds. The van der Waals surface area contributed by atoms with Crippen LogP contribution in [0.25, 0.3) is 0 Å². The SMILES string of the molecule is CCC(CC)CN1C[C@H](OCc2ccccc2)C[C@H]1C(=O)NC(c1ccccc1)c1ccccc1. The molecule has 0 aliphatic carbocycles. The quantitative estimate of drug-likeness (QED) is 0.374. The first kappa shape index (κ1) is 25.2. The van der Waals surface area contributed by atoms with Crippen LogP contribution in [-0.4, -0.2) is 36.0 Å². The molecular formula is C31H38N2O2. The lowest BCUT2D eigenvalue weighted by Gasteiger charge is -2.29. The summed E-state index contributed by atoms with van der Waals surface area (Å²) in [4.78, 5) is 16.1. The van der Waals surface area contributed by atoms with E-state index in [1.165, 1.54) is 5.56 Å². The fraction of sp³-hybridized carbons (Fsp3) is 0.387. The maximum Gasteiger partial charge on any atom is 0.238 e. The molecule has 1 saturated heterocycles. The molecule has 1 fully saturated rings. The number of nitrogens with one attached hydrogen (secondary N) is 1. The number of hydrogen-bond donors (Lipinski definition) is 1. The number of ether oxygens (including phenoxy) is 1. The lowest BCUT2D eigenvalue weighted by atomic mass is 9.98. The molecule has 1 heterocycles. The number of carbonyl (C=O) groups is 1. The predicted octanol–water partition coefficient (Wildman–Crippen LogP) is 5.99. The number of nitrogens with zero attached hydrogens (tertiary/aromatic N) is 1. The van der Waals surface area contributed by atoms with Crippen LogP contribution in [0.3, 0.4) is 0 Å². The average molecular weight is 471 g/mol. The first-order valence-electron chi connectivity index (χ1n) is 13.0. The van der Waals surface area contributed by atoms with E-state index in [4.69, 9.17) is 4.74 Å². The molecule has 4 nitrogen and oxygen atoms in total. The highest BCUT2D eigenvalue weighted by atomic mass is 16.5. The maximum atomic E-state index is 13.8. The third-order valence-corrected chi connectivity index (χ3v) is 7.20. The van der Waals surface area contributed by atoms with Crippen molar-refractivity contribution in [1.29, 1.82) is 0 Å². The van der Waals surface area contributed by atoms with Gasteiger partial charge in [-0.2, -0.15) is 0 Å². The van der Waals surface area contributed by atoms with E-state index in [9.17, 15) is 4.79 Å². The second-order valence-electron chi connectivity index (χ2n) is 9.57. The van der Waals surface area contributed by atoms with Crippen molar-refractivity contribution in [3.8, 4) is 0 Å². The van der Waals surface area contributed by atoms with Gasteiger partial charge in [0.15, 0.2) is 0 Å². The minimum Gasteiger partial charge on any atom is -0.372 e. The number of likely N-dealkylation sites (tertiary alicyclic amines) is 1. The van der Waals surface area contributed by atoms with E-state index in [0.717, 1.165) is 43.5 Å². The molecule has 184 valence electrons. The van der Waals surface area contributed by atoms with Gasteiger partial charge in [0.05, 0.1) is 24.8 Å². The van der Waals surface area contributed by atoms with Crippen molar-refractivity contribution in [2.24, 2.45) is 5.92 Å². The van der Waals surface area contributed by atoms with Crippen LogP contribution in [0.4, 0.5) is 0 Å². The third-order valence-electron chi connectivity index (χ3n) is 7.20. The normalized spacial score (nSPS) is 18.3. The minimum atomic E-state index is -0.189. The van der Waals surface area contributed by atoms with Crippen LogP contribution in [-0.2, 0) is 16.1 Å². The zero-order valence-electron chi connectivity index (χ0n) is 21.0. The highest BCUT2D eigenvalue weighted by Gasteiger charge is 2.38. The lowest BCUT2D eigenvalue weighted by Crippen LogP contribution is -2.46. The molecule has 0 bridgehead atoms. The average Bonchev–Trinajstić information content (AvgIpc) is 3.33. The molecule has 1 N–H and O–H groups in total. The largest absolute Gasteiger partial charge is 0.372 e. The highest BCUT2D eigenvalue weighted by molar-refractivity contribution is 5.83. The van der Waals surface area contributed by atoms with Crippen LogP contribution in [0.1, 0.15) is 55.8 Å². The van der Waals surface area contributed by atoms with Crippen molar-refractivity contribution in [1.82, 2.24) is 10.2 Å². The van der Waals surface area contributed by atoms with E-state index >= 15 is 0 Å². The standard InChI is InChI=1S/C31H38N2O2/c1-3-24(4-2)21-33-22-28(35-23-25-14-8-5-9-15-25)20-29(33)31(34)32-30(26-16-10-6-11-17-26)27-18-12-7-13-19-27/h5-19,24,28-30H,3-4,20-23H2,1-2H3,(H,32,34)/t28-,29+/m1/s1. The van der Waals surface area contributed by atoms with Crippen LogP contribution < -0.4 is 5.32 Å². The molecule has 3 aromatic rings. The molecule has 4 rings (SSSR count). The molecule has 0 radical (unpaired) electrons. The van der Waals surface area contributed by atoms with Gasteiger partial charge in [0, 0.05) is 13.1 Å². The zero-order chi connectivity index (χ0) is 24.5. The fourth-order valence-corrected chi connectivity index (χ4v) is 5.01. The Morgan fingerprint density at radius 1 is 0.886 bits per heavy atom. The summed E-state index contributed by atoms with van der Waals surface area (Å²) in [6.45, 7) is 6.78. The molecular weight excluding hydrogens is 432 g/mol. The molecule has 0 spiro atoms. The zero-order valence-corrected chi connectivity index (χ0v) is 21.0. The van der Waals surface area contributed by atoms with E-state index in [0.29, 0.717) is 12.5 Å². The summed E-state index contributed by atoms with van der Waals surface area (Å²) in [5.74, 6) is 0.664. The Balaban J connectivity index is 1.50. The fourth-order valence-electron chi connectivity index (χ4n) is 5.01. The van der Waals surface area contributed by atoms with Gasteiger partial charge in [-0.3, -0.25) is 9.69 Å². The molecule has 1 aliphatic heterocycles. The minimum absolute atomic E-state index is 0.0484. The van der Waals surface area contributed by atoms with Gasteiger partial charge in [-0.1, -0.05) is 118 Å². The van der Waals surface area contributed by atoms with Crippen molar-refractivity contribution in [2.75, 3.05) is 13.1 Å². The van der Waals surface area contributed by atoms with Crippen molar-refractivity contribution >= 4 is 5.91 Å². The van der Waals surface area contributed by atoms with Gasteiger partial charge in [0.1, 0.15) is 0 Å². The molecule has 35 heavy (non-hydrogen) atoms. The summed E-state index contributed by atoms with van der Waals surface area (Å²) in [6.07, 6.45) is 3.00. The second-order valence-corrected chi connectivity index (χ2v) is 9.57. The van der Waals surface area contributed by atoms with Crippen molar-refractivity contribution in [2.45, 2.75) is 57.9 Å². The van der Waals surface area contributed by atoms with Crippen molar-refractivity contribution < 1.29 is 9.53 Å². The Morgan fingerprint density at radius 2 is 1.43 bits per heavy atom. The molecule has 4 heteroatoms. The van der Waals surface area contributed by atoms with Crippen molar-refractivity contribution in [3.05, 3.63) is 108 Å². The van der Waals surface area contributed by atoms with Crippen LogP contribution in [0.2, 0.25) is 0 Å². The molecule has 1 aliphatic rings. The topological polar surface area (TPSA) is 41.6 Å². The van der Waals surface area contributed by atoms with E-state index in [1.54, 1.807) is 0 Å². The Bertz CT molecular complexity index is 982. The van der Waals surface area contributed by atoms with E-state index in [1.807, 2.05) is 54.6 Å². The van der Waals surface area contributed by atoms with Crippen molar-refractivity contribution in [3.63, 3.8) is 0 Å². The number of hydrogen-bond acceptors (Lipinski definition) is 3.